The van der Waals surface area contributed by atoms with Crippen LogP contribution < -0.4 is 10.5 Å². The Hall–Kier alpha value is -1.02. The summed E-state index contributed by atoms with van der Waals surface area (Å²) < 4.78 is 5.83. The second-order valence-electron chi connectivity index (χ2n) is 4.82. The zero-order valence-electron chi connectivity index (χ0n) is 11.3. The Bertz CT molecular complexity index is 318. The average molecular weight is 235 g/mol. The van der Waals surface area contributed by atoms with Gasteiger partial charge >= 0.3 is 0 Å². The molecular formula is C15H25NO. The predicted octanol–water partition coefficient (Wildman–Crippen LogP) is 3.39. The van der Waals surface area contributed by atoms with Gasteiger partial charge in [-0.15, -0.1) is 0 Å². The standard InChI is InChI=1S/C15H25NO/c1-4-13(5-2)11-17-15-8-6-7-14(10-15)9-12(3)16/h6-8,10,12-13H,4-5,9,11,16H2,1-3H3. The van der Waals surface area contributed by atoms with E-state index >= 15 is 0 Å². The van der Waals surface area contributed by atoms with E-state index < -0.39 is 0 Å². The normalized spacial score (nSPS) is 12.8. The van der Waals surface area contributed by atoms with E-state index in [9.17, 15) is 0 Å². The van der Waals surface area contributed by atoms with Crippen molar-refractivity contribution in [3.05, 3.63) is 29.8 Å². The van der Waals surface area contributed by atoms with E-state index in [2.05, 4.69) is 26.0 Å². The Morgan fingerprint density at radius 1 is 1.24 bits per heavy atom. The van der Waals surface area contributed by atoms with Gasteiger partial charge in [-0.2, -0.15) is 0 Å². The fourth-order valence-electron chi connectivity index (χ4n) is 1.87. The molecule has 0 heterocycles. The highest BCUT2D eigenvalue weighted by Crippen LogP contribution is 2.17. The summed E-state index contributed by atoms with van der Waals surface area (Å²) in [5, 5.41) is 0. The van der Waals surface area contributed by atoms with Crippen LogP contribution in [0.25, 0.3) is 0 Å². The topological polar surface area (TPSA) is 35.2 Å². The third-order valence-corrected chi connectivity index (χ3v) is 3.10. The molecule has 2 heteroatoms. The molecule has 0 amide bonds. The van der Waals surface area contributed by atoms with Crippen molar-refractivity contribution in [2.45, 2.75) is 46.1 Å². The van der Waals surface area contributed by atoms with Gasteiger partial charge in [-0.3, -0.25) is 0 Å². The number of hydrogen-bond acceptors (Lipinski definition) is 2. The van der Waals surface area contributed by atoms with Gasteiger partial charge in [0.1, 0.15) is 5.75 Å². The van der Waals surface area contributed by atoms with Gasteiger partial charge in [-0.1, -0.05) is 38.8 Å². The molecule has 2 N–H and O–H groups in total. The zero-order valence-corrected chi connectivity index (χ0v) is 11.3. The number of nitrogens with two attached hydrogens (primary N) is 1. The van der Waals surface area contributed by atoms with Crippen molar-refractivity contribution < 1.29 is 4.74 Å². The molecule has 17 heavy (non-hydrogen) atoms. The second-order valence-corrected chi connectivity index (χ2v) is 4.82. The van der Waals surface area contributed by atoms with Gasteiger partial charge in [0, 0.05) is 6.04 Å². The Balaban J connectivity index is 2.53. The lowest BCUT2D eigenvalue weighted by atomic mass is 10.1. The van der Waals surface area contributed by atoms with Gasteiger partial charge in [0.15, 0.2) is 0 Å². The molecule has 1 atom stereocenters. The predicted molar refractivity (Wildman–Crippen MR) is 73.4 cm³/mol. The van der Waals surface area contributed by atoms with Crippen LogP contribution in [-0.4, -0.2) is 12.6 Å². The molecule has 0 aliphatic carbocycles. The Morgan fingerprint density at radius 3 is 2.53 bits per heavy atom. The van der Waals surface area contributed by atoms with E-state index in [4.69, 9.17) is 10.5 Å². The fourth-order valence-corrected chi connectivity index (χ4v) is 1.87. The van der Waals surface area contributed by atoms with Crippen LogP contribution in [0, 0.1) is 5.92 Å². The van der Waals surface area contributed by atoms with E-state index in [-0.39, 0.29) is 6.04 Å². The molecule has 0 saturated carbocycles. The number of hydrogen-bond donors (Lipinski definition) is 1. The van der Waals surface area contributed by atoms with Gasteiger partial charge < -0.3 is 10.5 Å². The van der Waals surface area contributed by atoms with Crippen LogP contribution >= 0.6 is 0 Å². The summed E-state index contributed by atoms with van der Waals surface area (Å²) in [5.74, 6) is 1.63. The van der Waals surface area contributed by atoms with Gasteiger partial charge in [0.05, 0.1) is 6.61 Å². The summed E-state index contributed by atoms with van der Waals surface area (Å²) in [7, 11) is 0. The van der Waals surface area contributed by atoms with Gasteiger partial charge in [-0.25, -0.2) is 0 Å². The summed E-state index contributed by atoms with van der Waals surface area (Å²) in [6, 6.07) is 8.47. The smallest absolute Gasteiger partial charge is 0.119 e. The monoisotopic (exact) mass is 235 g/mol. The molecule has 0 spiro atoms. The first-order valence-electron chi connectivity index (χ1n) is 6.63. The molecule has 1 unspecified atom stereocenters. The number of rotatable bonds is 7. The minimum atomic E-state index is 0.198. The van der Waals surface area contributed by atoms with Crippen LogP contribution in [0.1, 0.15) is 39.2 Å². The first-order valence-corrected chi connectivity index (χ1v) is 6.63. The maximum atomic E-state index is 5.83. The molecule has 0 aliphatic heterocycles. The average Bonchev–Trinajstić information content (AvgIpc) is 2.30. The lowest BCUT2D eigenvalue weighted by Crippen LogP contribution is -2.17. The molecule has 1 rings (SSSR count). The van der Waals surface area contributed by atoms with Crippen molar-refractivity contribution in [3.8, 4) is 5.75 Å². The highest BCUT2D eigenvalue weighted by molar-refractivity contribution is 5.29. The van der Waals surface area contributed by atoms with E-state index in [0.717, 1.165) is 18.8 Å². The van der Waals surface area contributed by atoms with Crippen molar-refractivity contribution in [2.75, 3.05) is 6.61 Å². The van der Waals surface area contributed by atoms with E-state index in [1.807, 2.05) is 19.1 Å². The van der Waals surface area contributed by atoms with Crippen molar-refractivity contribution >= 4 is 0 Å². The molecule has 1 aromatic carbocycles. The Kier molecular flexibility index (Phi) is 6.06. The van der Waals surface area contributed by atoms with Crippen LogP contribution in [0.15, 0.2) is 24.3 Å². The van der Waals surface area contributed by atoms with Gasteiger partial charge in [0.25, 0.3) is 0 Å². The zero-order chi connectivity index (χ0) is 12.7. The molecule has 0 saturated heterocycles. The van der Waals surface area contributed by atoms with Crippen LogP contribution in [0.4, 0.5) is 0 Å². The quantitative estimate of drug-likeness (QED) is 0.786. The summed E-state index contributed by atoms with van der Waals surface area (Å²) in [6.07, 6.45) is 3.26. The van der Waals surface area contributed by atoms with Gasteiger partial charge in [0.2, 0.25) is 0 Å². The van der Waals surface area contributed by atoms with Crippen molar-refractivity contribution in [1.29, 1.82) is 0 Å². The van der Waals surface area contributed by atoms with E-state index in [0.29, 0.717) is 5.92 Å². The maximum absolute atomic E-state index is 5.83. The summed E-state index contributed by atoms with van der Waals surface area (Å²) >= 11 is 0. The fraction of sp³-hybridized carbons (Fsp3) is 0.600. The van der Waals surface area contributed by atoms with E-state index in [1.54, 1.807) is 0 Å². The van der Waals surface area contributed by atoms with Crippen molar-refractivity contribution in [3.63, 3.8) is 0 Å². The third-order valence-electron chi connectivity index (χ3n) is 3.10. The highest BCUT2D eigenvalue weighted by Gasteiger charge is 2.05. The van der Waals surface area contributed by atoms with Crippen LogP contribution in [0.5, 0.6) is 5.75 Å². The maximum Gasteiger partial charge on any atom is 0.119 e. The van der Waals surface area contributed by atoms with Gasteiger partial charge in [-0.05, 0) is 37.0 Å². The summed E-state index contributed by atoms with van der Waals surface area (Å²) in [5.41, 5.74) is 7.05. The largest absolute Gasteiger partial charge is 0.493 e. The third kappa shape index (κ3) is 5.22. The van der Waals surface area contributed by atoms with Crippen molar-refractivity contribution in [2.24, 2.45) is 11.7 Å². The number of ether oxygens (including phenoxy) is 1. The molecule has 0 bridgehead atoms. The lowest BCUT2D eigenvalue weighted by molar-refractivity contribution is 0.240. The minimum absolute atomic E-state index is 0.198. The molecule has 0 fully saturated rings. The first-order chi connectivity index (χ1) is 8.15. The highest BCUT2D eigenvalue weighted by atomic mass is 16.5. The second kappa shape index (κ2) is 7.33. The Labute approximate surface area is 105 Å². The summed E-state index contributed by atoms with van der Waals surface area (Å²) in [4.78, 5) is 0. The molecule has 2 nitrogen and oxygen atoms in total. The molecule has 0 radical (unpaired) electrons. The van der Waals surface area contributed by atoms with Crippen molar-refractivity contribution in [1.82, 2.24) is 0 Å². The van der Waals surface area contributed by atoms with Crippen LogP contribution in [0.3, 0.4) is 0 Å². The Morgan fingerprint density at radius 2 is 1.94 bits per heavy atom. The molecule has 0 aromatic heterocycles. The first kappa shape index (κ1) is 14.0. The summed E-state index contributed by atoms with van der Waals surface area (Å²) in [6.45, 7) is 7.26. The number of benzene rings is 1. The lowest BCUT2D eigenvalue weighted by Gasteiger charge is -2.14. The van der Waals surface area contributed by atoms with E-state index in [1.165, 1.54) is 18.4 Å². The van der Waals surface area contributed by atoms with Crippen LogP contribution in [-0.2, 0) is 6.42 Å². The minimum Gasteiger partial charge on any atom is -0.493 e. The molecule has 96 valence electrons. The van der Waals surface area contributed by atoms with Crippen LogP contribution in [0.2, 0.25) is 0 Å². The molecule has 0 aliphatic rings. The molecular weight excluding hydrogens is 210 g/mol. The SMILES string of the molecule is CCC(CC)COc1cccc(CC(C)N)c1. The molecule has 1 aromatic rings.